The van der Waals surface area contributed by atoms with Crippen molar-refractivity contribution in [1.82, 2.24) is 9.29 Å². The molecule has 0 bridgehead atoms. The molecule has 0 aliphatic rings. The average Bonchev–Trinajstić information content (AvgIpc) is 3.10. The number of fused-ring (bicyclic) bond motifs is 1. The van der Waals surface area contributed by atoms with Crippen LogP contribution in [-0.2, 0) is 10.0 Å². The number of aromatic nitrogens is 1. The van der Waals surface area contributed by atoms with E-state index < -0.39 is 10.0 Å². The van der Waals surface area contributed by atoms with Gasteiger partial charge in [-0.05, 0) is 42.6 Å². The maximum atomic E-state index is 13.5. The predicted octanol–water partition coefficient (Wildman–Crippen LogP) is 3.48. The summed E-state index contributed by atoms with van der Waals surface area (Å²) < 4.78 is 40.0. The maximum absolute atomic E-state index is 13.5. The Balaban J connectivity index is 1.74. The Morgan fingerprint density at radius 1 is 1.28 bits per heavy atom. The molecule has 0 atom stereocenters. The highest BCUT2D eigenvalue weighted by Gasteiger charge is 2.21. The Bertz CT molecular complexity index is 989. The van der Waals surface area contributed by atoms with Gasteiger partial charge in [-0.2, -0.15) is 4.31 Å². The van der Waals surface area contributed by atoms with Gasteiger partial charge >= 0.3 is 0 Å². The molecule has 132 valence electrons. The summed E-state index contributed by atoms with van der Waals surface area (Å²) in [4.78, 5) is 4.38. The zero-order valence-electron chi connectivity index (χ0n) is 13.9. The summed E-state index contributed by atoms with van der Waals surface area (Å²) in [5, 5.41) is 5.61. The van der Waals surface area contributed by atoms with Crippen molar-refractivity contribution in [2.24, 2.45) is 0 Å². The number of nitrogens with zero attached hydrogens (tertiary/aromatic N) is 2. The molecule has 25 heavy (non-hydrogen) atoms. The second kappa shape index (κ2) is 7.07. The molecule has 2 heterocycles. The monoisotopic (exact) mass is 379 g/mol. The van der Waals surface area contributed by atoms with Gasteiger partial charge in [0.05, 0.1) is 5.52 Å². The SMILES string of the molecule is Cc1cc(NCCN(C)S(=O)(=O)c2cccs2)c2cc(F)ccc2n1. The van der Waals surface area contributed by atoms with E-state index in [-0.39, 0.29) is 5.82 Å². The molecule has 0 unspecified atom stereocenters. The fraction of sp³-hybridized carbons (Fsp3) is 0.235. The van der Waals surface area contributed by atoms with Gasteiger partial charge in [0.15, 0.2) is 0 Å². The Kier molecular flexibility index (Phi) is 5.03. The van der Waals surface area contributed by atoms with Gasteiger partial charge in [0, 0.05) is 36.9 Å². The van der Waals surface area contributed by atoms with Crippen LogP contribution in [0, 0.1) is 12.7 Å². The number of aryl methyl sites for hydroxylation is 1. The molecule has 1 aromatic carbocycles. The van der Waals surface area contributed by atoms with Gasteiger partial charge in [-0.15, -0.1) is 11.3 Å². The number of hydrogen-bond acceptors (Lipinski definition) is 5. The molecule has 3 aromatic rings. The third-order valence-electron chi connectivity index (χ3n) is 3.80. The first-order valence-corrected chi connectivity index (χ1v) is 10.0. The van der Waals surface area contributed by atoms with Crippen LogP contribution in [0.1, 0.15) is 5.69 Å². The van der Waals surface area contributed by atoms with Crippen molar-refractivity contribution >= 4 is 38.0 Å². The summed E-state index contributed by atoms with van der Waals surface area (Å²) in [6.07, 6.45) is 0. The number of anilines is 1. The van der Waals surface area contributed by atoms with Crippen molar-refractivity contribution in [2.75, 3.05) is 25.5 Å². The number of pyridine rings is 1. The number of rotatable bonds is 6. The largest absolute Gasteiger partial charge is 0.383 e. The molecule has 0 radical (unpaired) electrons. The summed E-state index contributed by atoms with van der Waals surface area (Å²) in [6, 6.07) is 9.57. The molecule has 0 amide bonds. The summed E-state index contributed by atoms with van der Waals surface area (Å²) in [5.74, 6) is -0.335. The molecular formula is C17H18FN3O2S2. The van der Waals surface area contributed by atoms with Crippen molar-refractivity contribution in [3.63, 3.8) is 0 Å². The summed E-state index contributed by atoms with van der Waals surface area (Å²) in [7, 11) is -1.92. The second-order valence-electron chi connectivity index (χ2n) is 5.66. The van der Waals surface area contributed by atoms with Crippen molar-refractivity contribution < 1.29 is 12.8 Å². The van der Waals surface area contributed by atoms with Crippen molar-refractivity contribution in [3.8, 4) is 0 Å². The fourth-order valence-electron chi connectivity index (χ4n) is 2.51. The van der Waals surface area contributed by atoms with Gasteiger partial charge in [0.1, 0.15) is 10.0 Å². The maximum Gasteiger partial charge on any atom is 0.252 e. The third-order valence-corrected chi connectivity index (χ3v) is 7.03. The lowest BCUT2D eigenvalue weighted by molar-refractivity contribution is 0.482. The normalized spacial score (nSPS) is 12.0. The highest BCUT2D eigenvalue weighted by Crippen LogP contribution is 2.24. The van der Waals surface area contributed by atoms with E-state index >= 15 is 0 Å². The molecule has 0 aliphatic heterocycles. The van der Waals surface area contributed by atoms with E-state index in [2.05, 4.69) is 10.3 Å². The van der Waals surface area contributed by atoms with Gasteiger partial charge in [-0.1, -0.05) is 6.07 Å². The fourth-order valence-corrected chi connectivity index (χ4v) is 4.88. The van der Waals surface area contributed by atoms with Crippen molar-refractivity contribution in [1.29, 1.82) is 0 Å². The lowest BCUT2D eigenvalue weighted by Crippen LogP contribution is -2.31. The number of halogens is 1. The highest BCUT2D eigenvalue weighted by atomic mass is 32.2. The number of hydrogen-bond donors (Lipinski definition) is 1. The molecule has 8 heteroatoms. The highest BCUT2D eigenvalue weighted by molar-refractivity contribution is 7.91. The van der Waals surface area contributed by atoms with Crippen LogP contribution < -0.4 is 5.32 Å². The van der Waals surface area contributed by atoms with E-state index in [1.807, 2.05) is 13.0 Å². The van der Waals surface area contributed by atoms with Crippen LogP contribution >= 0.6 is 11.3 Å². The molecule has 0 fully saturated rings. The molecule has 2 aromatic heterocycles. The average molecular weight is 379 g/mol. The lowest BCUT2D eigenvalue weighted by Gasteiger charge is -2.17. The van der Waals surface area contributed by atoms with Crippen LogP contribution in [0.4, 0.5) is 10.1 Å². The minimum atomic E-state index is -3.47. The number of likely N-dealkylation sites (N-methyl/N-ethyl adjacent to an activating group) is 1. The Labute approximate surface area is 150 Å². The zero-order valence-corrected chi connectivity index (χ0v) is 15.5. The van der Waals surface area contributed by atoms with Gasteiger partial charge in [0.2, 0.25) is 0 Å². The molecule has 5 nitrogen and oxygen atoms in total. The molecule has 0 spiro atoms. The first-order valence-electron chi connectivity index (χ1n) is 7.68. The van der Waals surface area contributed by atoms with Crippen molar-refractivity contribution in [2.45, 2.75) is 11.1 Å². The van der Waals surface area contributed by atoms with Crippen LogP contribution in [-0.4, -0.2) is 37.8 Å². The van der Waals surface area contributed by atoms with Gasteiger partial charge < -0.3 is 5.32 Å². The standard InChI is InChI=1S/C17H18FN3O2S2/c1-12-10-16(14-11-13(18)5-6-15(14)20-12)19-7-8-21(2)25(22,23)17-4-3-9-24-17/h3-6,9-11H,7-8H2,1-2H3,(H,19,20). The van der Waals surface area contributed by atoms with E-state index in [1.54, 1.807) is 30.6 Å². The summed E-state index contributed by atoms with van der Waals surface area (Å²) >= 11 is 1.19. The van der Waals surface area contributed by atoms with Crippen LogP contribution in [0.25, 0.3) is 10.9 Å². The number of benzene rings is 1. The zero-order chi connectivity index (χ0) is 18.0. The Morgan fingerprint density at radius 2 is 2.08 bits per heavy atom. The number of thiophene rings is 1. The van der Waals surface area contributed by atoms with E-state index in [9.17, 15) is 12.8 Å². The van der Waals surface area contributed by atoms with Gasteiger partial charge in [-0.25, -0.2) is 12.8 Å². The van der Waals surface area contributed by atoms with Crippen molar-refractivity contribution in [3.05, 3.63) is 53.3 Å². The lowest BCUT2D eigenvalue weighted by atomic mass is 10.1. The van der Waals surface area contributed by atoms with Crippen LogP contribution in [0.15, 0.2) is 46.0 Å². The molecule has 1 N–H and O–H groups in total. The molecule has 0 saturated heterocycles. The Morgan fingerprint density at radius 3 is 2.80 bits per heavy atom. The summed E-state index contributed by atoms with van der Waals surface area (Å²) in [6.45, 7) is 2.55. The van der Waals surface area contributed by atoms with Gasteiger partial charge in [0.25, 0.3) is 10.0 Å². The third kappa shape index (κ3) is 3.81. The summed E-state index contributed by atoms with van der Waals surface area (Å²) in [5.41, 5.74) is 2.24. The second-order valence-corrected chi connectivity index (χ2v) is 8.88. The van der Waals surface area contributed by atoms with Crippen LogP contribution in [0.2, 0.25) is 0 Å². The van der Waals surface area contributed by atoms with E-state index in [0.717, 1.165) is 11.4 Å². The molecular weight excluding hydrogens is 361 g/mol. The van der Waals surface area contributed by atoms with Crippen LogP contribution in [0.3, 0.4) is 0 Å². The first-order chi connectivity index (χ1) is 11.9. The first kappa shape index (κ1) is 17.8. The topological polar surface area (TPSA) is 62.3 Å². The molecule has 0 saturated carbocycles. The number of sulfonamides is 1. The Hall–Kier alpha value is -2.03. The minimum absolute atomic E-state index is 0.290. The minimum Gasteiger partial charge on any atom is -0.383 e. The van der Waals surface area contributed by atoms with E-state index in [4.69, 9.17) is 0 Å². The predicted molar refractivity (Wildman–Crippen MR) is 99.1 cm³/mol. The van der Waals surface area contributed by atoms with E-state index in [0.29, 0.717) is 28.2 Å². The van der Waals surface area contributed by atoms with Crippen LogP contribution in [0.5, 0.6) is 0 Å². The number of nitrogens with one attached hydrogen (secondary N) is 1. The molecule has 0 aliphatic carbocycles. The quantitative estimate of drug-likeness (QED) is 0.712. The van der Waals surface area contributed by atoms with Gasteiger partial charge in [-0.3, -0.25) is 4.98 Å². The molecule has 3 rings (SSSR count). The smallest absolute Gasteiger partial charge is 0.252 e. The van der Waals surface area contributed by atoms with E-state index in [1.165, 1.54) is 27.8 Å².